The fraction of sp³-hybridized carbons (Fsp3) is 0.556. The quantitative estimate of drug-likeness (QED) is 0.920. The fourth-order valence-electron chi connectivity index (χ4n) is 3.72. The molecular weight excluding hydrogens is 290 g/mol. The number of hydrogen-bond donors (Lipinski definition) is 1. The third-order valence-corrected chi connectivity index (χ3v) is 4.90. The Morgan fingerprint density at radius 3 is 2.87 bits per heavy atom. The molecule has 2 saturated heterocycles. The van der Waals surface area contributed by atoms with Gasteiger partial charge in [-0.2, -0.15) is 0 Å². The number of piperidine rings is 2. The summed E-state index contributed by atoms with van der Waals surface area (Å²) < 4.78 is 0. The lowest BCUT2D eigenvalue weighted by Crippen LogP contribution is -2.51. The largest absolute Gasteiger partial charge is 0.366 e. The van der Waals surface area contributed by atoms with E-state index in [9.17, 15) is 9.59 Å². The number of carbonyl (C=O) groups excluding carboxylic acids is 2. The first-order chi connectivity index (χ1) is 11.1. The Balaban J connectivity index is 1.63. The number of benzene rings is 1. The van der Waals surface area contributed by atoms with E-state index in [0.29, 0.717) is 23.9 Å². The van der Waals surface area contributed by atoms with Crippen molar-refractivity contribution in [1.29, 1.82) is 0 Å². The second kappa shape index (κ2) is 7.13. The van der Waals surface area contributed by atoms with Crippen LogP contribution >= 0.6 is 0 Å². The highest BCUT2D eigenvalue weighted by Crippen LogP contribution is 2.22. The molecule has 0 aliphatic carbocycles. The van der Waals surface area contributed by atoms with Gasteiger partial charge in [0, 0.05) is 37.7 Å². The van der Waals surface area contributed by atoms with Gasteiger partial charge in [0.2, 0.25) is 11.8 Å². The summed E-state index contributed by atoms with van der Waals surface area (Å²) in [5.41, 5.74) is 7.02. The van der Waals surface area contributed by atoms with E-state index in [1.165, 1.54) is 0 Å². The van der Waals surface area contributed by atoms with Crippen LogP contribution in [0.4, 0.5) is 0 Å². The monoisotopic (exact) mass is 315 g/mol. The van der Waals surface area contributed by atoms with Crippen LogP contribution in [-0.4, -0.2) is 47.3 Å². The molecule has 0 spiro atoms. The van der Waals surface area contributed by atoms with Gasteiger partial charge in [-0.3, -0.25) is 14.5 Å². The topological polar surface area (TPSA) is 66.6 Å². The van der Waals surface area contributed by atoms with E-state index in [1.54, 1.807) is 6.07 Å². The lowest BCUT2D eigenvalue weighted by atomic mass is 9.99. The summed E-state index contributed by atoms with van der Waals surface area (Å²) in [4.78, 5) is 27.9. The summed E-state index contributed by atoms with van der Waals surface area (Å²) in [7, 11) is 0. The molecule has 5 nitrogen and oxygen atoms in total. The van der Waals surface area contributed by atoms with E-state index in [0.717, 1.165) is 57.4 Å². The molecule has 3 rings (SSSR count). The number of rotatable bonds is 4. The molecule has 5 heteroatoms. The fourth-order valence-corrected chi connectivity index (χ4v) is 3.72. The number of hydrogen-bond acceptors (Lipinski definition) is 3. The van der Waals surface area contributed by atoms with Gasteiger partial charge in [-0.25, -0.2) is 0 Å². The maximum atomic E-state index is 12.1. The molecular formula is C18H25N3O2. The summed E-state index contributed by atoms with van der Waals surface area (Å²) in [6, 6.07) is 7.87. The van der Waals surface area contributed by atoms with Crippen molar-refractivity contribution in [2.24, 2.45) is 5.73 Å². The predicted octanol–water partition coefficient (Wildman–Crippen LogP) is 1.76. The Hall–Kier alpha value is -1.88. The van der Waals surface area contributed by atoms with Crippen LogP contribution in [0.1, 0.15) is 48.0 Å². The zero-order valence-electron chi connectivity index (χ0n) is 13.5. The van der Waals surface area contributed by atoms with E-state index in [-0.39, 0.29) is 5.91 Å². The number of nitrogens with two attached hydrogens (primary N) is 1. The molecule has 1 unspecified atom stereocenters. The Kier molecular flexibility index (Phi) is 4.96. The average Bonchev–Trinajstić information content (AvgIpc) is 2.56. The third-order valence-electron chi connectivity index (χ3n) is 4.90. The van der Waals surface area contributed by atoms with Crippen molar-refractivity contribution in [3.05, 3.63) is 35.4 Å². The number of primary amides is 1. The minimum Gasteiger partial charge on any atom is -0.366 e. The van der Waals surface area contributed by atoms with Crippen molar-refractivity contribution in [2.75, 3.05) is 19.6 Å². The van der Waals surface area contributed by atoms with Crippen molar-refractivity contribution in [2.45, 2.75) is 44.7 Å². The third kappa shape index (κ3) is 3.91. The second-order valence-corrected chi connectivity index (χ2v) is 6.64. The highest BCUT2D eigenvalue weighted by atomic mass is 16.2. The molecule has 1 aromatic carbocycles. The zero-order valence-corrected chi connectivity index (χ0v) is 13.5. The van der Waals surface area contributed by atoms with Crippen LogP contribution in [0, 0.1) is 0 Å². The minimum absolute atomic E-state index is 0.318. The molecule has 23 heavy (non-hydrogen) atoms. The maximum absolute atomic E-state index is 12.1. The molecule has 1 atom stereocenters. The molecule has 0 bridgehead atoms. The van der Waals surface area contributed by atoms with E-state index < -0.39 is 0 Å². The second-order valence-electron chi connectivity index (χ2n) is 6.64. The first kappa shape index (κ1) is 16.0. The van der Waals surface area contributed by atoms with Gasteiger partial charge in [-0.05, 0) is 49.9 Å². The van der Waals surface area contributed by atoms with Gasteiger partial charge in [0.25, 0.3) is 0 Å². The van der Waals surface area contributed by atoms with Gasteiger partial charge >= 0.3 is 0 Å². The van der Waals surface area contributed by atoms with Crippen LogP contribution in [0.25, 0.3) is 0 Å². The minimum atomic E-state index is -0.387. The Bertz CT molecular complexity index is 587. The highest BCUT2D eigenvalue weighted by molar-refractivity contribution is 5.92. The molecule has 124 valence electrons. The molecule has 2 heterocycles. The van der Waals surface area contributed by atoms with Crippen LogP contribution in [0.5, 0.6) is 0 Å². The molecule has 0 aromatic heterocycles. The van der Waals surface area contributed by atoms with Gasteiger partial charge in [0.1, 0.15) is 0 Å². The van der Waals surface area contributed by atoms with Crippen molar-refractivity contribution < 1.29 is 9.59 Å². The smallest absolute Gasteiger partial charge is 0.248 e. The predicted molar refractivity (Wildman–Crippen MR) is 88.8 cm³/mol. The summed E-state index contributed by atoms with van der Waals surface area (Å²) >= 11 is 0. The van der Waals surface area contributed by atoms with Crippen LogP contribution < -0.4 is 5.73 Å². The van der Waals surface area contributed by atoms with Crippen molar-refractivity contribution in [3.8, 4) is 0 Å². The highest BCUT2D eigenvalue weighted by Gasteiger charge is 2.29. The first-order valence-corrected chi connectivity index (χ1v) is 8.54. The van der Waals surface area contributed by atoms with Gasteiger partial charge < -0.3 is 10.6 Å². The molecule has 2 N–H and O–H groups in total. The van der Waals surface area contributed by atoms with Gasteiger partial charge in [0.05, 0.1) is 0 Å². The normalized spacial score (nSPS) is 23.0. The average molecular weight is 315 g/mol. The van der Waals surface area contributed by atoms with Crippen molar-refractivity contribution in [3.63, 3.8) is 0 Å². The Morgan fingerprint density at radius 2 is 2.09 bits per heavy atom. The zero-order chi connectivity index (χ0) is 16.2. The van der Waals surface area contributed by atoms with E-state index in [4.69, 9.17) is 5.73 Å². The summed E-state index contributed by atoms with van der Waals surface area (Å²) in [6.45, 7) is 3.68. The molecule has 1 aromatic rings. The summed E-state index contributed by atoms with van der Waals surface area (Å²) in [6.07, 6.45) is 5.08. The summed E-state index contributed by atoms with van der Waals surface area (Å²) in [5, 5.41) is 0. The van der Waals surface area contributed by atoms with Crippen LogP contribution in [0.15, 0.2) is 24.3 Å². The lowest BCUT2D eigenvalue weighted by Gasteiger charge is -2.41. The molecule has 0 radical (unpaired) electrons. The first-order valence-electron chi connectivity index (χ1n) is 8.54. The SMILES string of the molecule is NC(=O)c1cccc(CN2CCCC(N3CCCCC3=O)C2)c1. The number of nitrogens with zero attached hydrogens (tertiary/aromatic N) is 2. The molecule has 2 amide bonds. The summed E-state index contributed by atoms with van der Waals surface area (Å²) in [5.74, 6) is -0.0684. The molecule has 0 saturated carbocycles. The van der Waals surface area contributed by atoms with Crippen LogP contribution in [0.2, 0.25) is 0 Å². The van der Waals surface area contributed by atoms with Crippen LogP contribution in [-0.2, 0) is 11.3 Å². The number of amides is 2. The number of likely N-dealkylation sites (tertiary alicyclic amines) is 2. The Morgan fingerprint density at radius 1 is 1.22 bits per heavy atom. The van der Waals surface area contributed by atoms with Gasteiger partial charge in [-0.15, -0.1) is 0 Å². The Labute approximate surface area is 137 Å². The van der Waals surface area contributed by atoms with E-state index in [1.807, 2.05) is 18.2 Å². The van der Waals surface area contributed by atoms with E-state index in [2.05, 4.69) is 9.80 Å². The van der Waals surface area contributed by atoms with Gasteiger partial charge in [0.15, 0.2) is 0 Å². The standard InChI is InChI=1S/C18H25N3O2/c19-18(23)15-6-3-5-14(11-15)12-20-9-4-7-16(13-20)21-10-2-1-8-17(21)22/h3,5-6,11,16H,1-2,4,7-10,12-13H2,(H2,19,23). The molecule has 2 fully saturated rings. The van der Waals surface area contributed by atoms with Crippen molar-refractivity contribution >= 4 is 11.8 Å². The molecule has 2 aliphatic rings. The molecule has 2 aliphatic heterocycles. The van der Waals surface area contributed by atoms with Crippen molar-refractivity contribution in [1.82, 2.24) is 9.80 Å². The van der Waals surface area contributed by atoms with Crippen LogP contribution in [0.3, 0.4) is 0 Å². The van der Waals surface area contributed by atoms with Gasteiger partial charge in [-0.1, -0.05) is 12.1 Å². The number of carbonyl (C=O) groups is 2. The van der Waals surface area contributed by atoms with E-state index >= 15 is 0 Å². The lowest BCUT2D eigenvalue weighted by molar-refractivity contribution is -0.137. The maximum Gasteiger partial charge on any atom is 0.248 e.